The van der Waals surface area contributed by atoms with E-state index in [-0.39, 0.29) is 30.0 Å². The summed E-state index contributed by atoms with van der Waals surface area (Å²) in [5, 5.41) is 7.51. The fourth-order valence-corrected chi connectivity index (χ4v) is 3.16. The zero-order chi connectivity index (χ0) is 18.4. The summed E-state index contributed by atoms with van der Waals surface area (Å²) < 4.78 is 0. The van der Waals surface area contributed by atoms with Crippen molar-refractivity contribution in [3.63, 3.8) is 0 Å². The average molecular weight is 497 g/mol. The fourth-order valence-electron chi connectivity index (χ4n) is 2.96. The van der Waals surface area contributed by atoms with Crippen molar-refractivity contribution >= 4 is 47.2 Å². The van der Waals surface area contributed by atoms with E-state index in [2.05, 4.69) is 69.9 Å². The highest BCUT2D eigenvalue weighted by atomic mass is 127. The Morgan fingerprint density at radius 3 is 2.48 bits per heavy atom. The van der Waals surface area contributed by atoms with Crippen molar-refractivity contribution < 1.29 is 0 Å². The second kappa shape index (κ2) is 10.6. The molecular formula is C21H26ClIN4. The van der Waals surface area contributed by atoms with E-state index in [1.54, 1.807) is 7.05 Å². The zero-order valence-electron chi connectivity index (χ0n) is 15.7. The van der Waals surface area contributed by atoms with Gasteiger partial charge in [0, 0.05) is 37.4 Å². The van der Waals surface area contributed by atoms with E-state index >= 15 is 0 Å². The quantitative estimate of drug-likeness (QED) is 0.271. The number of hydrogen-bond donors (Lipinski definition) is 2. The topological polar surface area (TPSA) is 39.7 Å². The number of nitrogens with zero attached hydrogens (tertiary/aromatic N) is 2. The number of nitrogens with one attached hydrogen (secondary N) is 2. The van der Waals surface area contributed by atoms with Crippen LogP contribution in [0, 0.1) is 0 Å². The summed E-state index contributed by atoms with van der Waals surface area (Å²) in [6, 6.07) is 16.7. The van der Waals surface area contributed by atoms with E-state index in [0.29, 0.717) is 0 Å². The minimum absolute atomic E-state index is 0. The van der Waals surface area contributed by atoms with Crippen LogP contribution in [-0.4, -0.2) is 26.1 Å². The molecule has 0 saturated heterocycles. The van der Waals surface area contributed by atoms with E-state index < -0.39 is 0 Å². The van der Waals surface area contributed by atoms with E-state index in [1.165, 1.54) is 11.3 Å². The molecule has 1 aliphatic heterocycles. The van der Waals surface area contributed by atoms with Crippen LogP contribution in [0.25, 0.3) is 0 Å². The van der Waals surface area contributed by atoms with E-state index in [1.807, 2.05) is 18.2 Å². The third-order valence-electron chi connectivity index (χ3n) is 4.51. The first-order chi connectivity index (χ1) is 12.7. The SMILES string of the molecule is CN=C(NCc1ccc(N2CC=CC2)cc1)NC(C)c1cccc(Cl)c1.I. The van der Waals surface area contributed by atoms with Gasteiger partial charge < -0.3 is 15.5 Å². The van der Waals surface area contributed by atoms with E-state index in [4.69, 9.17) is 11.6 Å². The van der Waals surface area contributed by atoms with Gasteiger partial charge in [-0.2, -0.15) is 0 Å². The van der Waals surface area contributed by atoms with Gasteiger partial charge in [0.1, 0.15) is 0 Å². The molecule has 144 valence electrons. The first-order valence-corrected chi connectivity index (χ1v) is 9.25. The van der Waals surface area contributed by atoms with Gasteiger partial charge in [-0.15, -0.1) is 24.0 Å². The van der Waals surface area contributed by atoms with Crippen LogP contribution >= 0.6 is 35.6 Å². The highest BCUT2D eigenvalue weighted by molar-refractivity contribution is 14.0. The lowest BCUT2D eigenvalue weighted by Gasteiger charge is -2.19. The van der Waals surface area contributed by atoms with Crippen LogP contribution in [0.5, 0.6) is 0 Å². The molecule has 4 nitrogen and oxygen atoms in total. The second-order valence-corrected chi connectivity index (χ2v) is 6.83. The lowest BCUT2D eigenvalue weighted by atomic mass is 10.1. The first kappa shape index (κ1) is 21.6. The smallest absolute Gasteiger partial charge is 0.191 e. The monoisotopic (exact) mass is 496 g/mol. The highest BCUT2D eigenvalue weighted by Crippen LogP contribution is 2.18. The van der Waals surface area contributed by atoms with Crippen molar-refractivity contribution in [2.45, 2.75) is 19.5 Å². The number of halogens is 2. The molecule has 1 heterocycles. The molecule has 2 aromatic carbocycles. The Labute approximate surface area is 183 Å². The molecule has 3 rings (SSSR count). The minimum atomic E-state index is 0. The summed E-state index contributed by atoms with van der Waals surface area (Å²) in [7, 11) is 1.78. The molecule has 0 spiro atoms. The summed E-state index contributed by atoms with van der Waals surface area (Å²) in [5.74, 6) is 0.769. The Morgan fingerprint density at radius 1 is 1.15 bits per heavy atom. The van der Waals surface area contributed by atoms with Gasteiger partial charge in [0.15, 0.2) is 5.96 Å². The number of aliphatic imine (C=N–C) groups is 1. The van der Waals surface area contributed by atoms with Crippen LogP contribution in [0.3, 0.4) is 0 Å². The van der Waals surface area contributed by atoms with Crippen LogP contribution in [0.4, 0.5) is 5.69 Å². The molecule has 0 radical (unpaired) electrons. The van der Waals surface area contributed by atoms with Gasteiger partial charge in [-0.25, -0.2) is 0 Å². The molecule has 0 fully saturated rings. The van der Waals surface area contributed by atoms with Crippen LogP contribution < -0.4 is 15.5 Å². The normalized spacial score (nSPS) is 14.6. The number of guanidine groups is 1. The predicted octanol–water partition coefficient (Wildman–Crippen LogP) is 4.76. The summed E-state index contributed by atoms with van der Waals surface area (Å²) >= 11 is 6.08. The molecule has 0 aromatic heterocycles. The molecular weight excluding hydrogens is 471 g/mol. The van der Waals surface area contributed by atoms with Crippen molar-refractivity contribution in [3.8, 4) is 0 Å². The third kappa shape index (κ3) is 6.14. The molecule has 2 N–H and O–H groups in total. The van der Waals surface area contributed by atoms with Crippen molar-refractivity contribution in [2.75, 3.05) is 25.0 Å². The number of benzene rings is 2. The van der Waals surface area contributed by atoms with Gasteiger partial charge >= 0.3 is 0 Å². The molecule has 0 saturated carbocycles. The lowest BCUT2D eigenvalue weighted by molar-refractivity contribution is 0.685. The summed E-state index contributed by atoms with van der Waals surface area (Å²) in [6.45, 7) is 4.81. The van der Waals surface area contributed by atoms with Crippen molar-refractivity contribution in [3.05, 3.63) is 76.8 Å². The molecule has 1 atom stereocenters. The number of anilines is 1. The number of hydrogen-bond acceptors (Lipinski definition) is 2. The molecule has 0 bridgehead atoms. The maximum absolute atomic E-state index is 6.08. The van der Waals surface area contributed by atoms with Crippen molar-refractivity contribution in [2.24, 2.45) is 4.99 Å². The Bertz CT molecular complexity index is 781. The average Bonchev–Trinajstić information content (AvgIpc) is 3.20. The lowest BCUT2D eigenvalue weighted by Crippen LogP contribution is -2.38. The number of rotatable bonds is 5. The standard InChI is InChI=1S/C21H25ClN4.HI/c1-16(18-6-5-7-19(22)14-18)25-21(23-2)24-15-17-8-10-20(11-9-17)26-12-3-4-13-26;/h3-11,14,16H,12-13,15H2,1-2H3,(H2,23,24,25);1H. The Morgan fingerprint density at radius 2 is 1.85 bits per heavy atom. The first-order valence-electron chi connectivity index (χ1n) is 8.87. The van der Waals surface area contributed by atoms with Gasteiger partial charge in [0.25, 0.3) is 0 Å². The molecule has 1 unspecified atom stereocenters. The minimum Gasteiger partial charge on any atom is -0.364 e. The van der Waals surface area contributed by atoms with Crippen LogP contribution in [0.15, 0.2) is 65.7 Å². The fraction of sp³-hybridized carbons (Fsp3) is 0.286. The maximum atomic E-state index is 6.08. The van der Waals surface area contributed by atoms with Gasteiger partial charge in [0.2, 0.25) is 0 Å². The van der Waals surface area contributed by atoms with Crippen molar-refractivity contribution in [1.82, 2.24) is 10.6 Å². The summed E-state index contributed by atoms with van der Waals surface area (Å²) in [5.41, 5.74) is 3.61. The molecule has 2 aromatic rings. The molecule has 6 heteroatoms. The Balaban J connectivity index is 0.00000261. The predicted molar refractivity (Wildman–Crippen MR) is 126 cm³/mol. The molecule has 1 aliphatic rings. The van der Waals surface area contributed by atoms with Crippen molar-refractivity contribution in [1.29, 1.82) is 0 Å². The van der Waals surface area contributed by atoms with Gasteiger partial charge in [0.05, 0.1) is 6.04 Å². The van der Waals surface area contributed by atoms with E-state index in [0.717, 1.165) is 36.2 Å². The van der Waals surface area contributed by atoms with Crippen LogP contribution in [0.1, 0.15) is 24.1 Å². The second-order valence-electron chi connectivity index (χ2n) is 6.39. The highest BCUT2D eigenvalue weighted by Gasteiger charge is 2.09. The molecule has 0 aliphatic carbocycles. The Hall–Kier alpha value is -1.73. The maximum Gasteiger partial charge on any atom is 0.191 e. The van der Waals surface area contributed by atoms with Gasteiger partial charge in [-0.05, 0) is 42.3 Å². The van der Waals surface area contributed by atoms with E-state index in [9.17, 15) is 0 Å². The Kier molecular flexibility index (Phi) is 8.44. The van der Waals surface area contributed by atoms with Crippen LogP contribution in [-0.2, 0) is 6.54 Å². The zero-order valence-corrected chi connectivity index (χ0v) is 18.7. The van der Waals surface area contributed by atoms with Gasteiger partial charge in [-0.3, -0.25) is 4.99 Å². The summed E-state index contributed by atoms with van der Waals surface area (Å²) in [6.07, 6.45) is 4.40. The van der Waals surface area contributed by atoms with Gasteiger partial charge in [-0.1, -0.05) is 48.0 Å². The summed E-state index contributed by atoms with van der Waals surface area (Å²) in [4.78, 5) is 6.65. The molecule has 27 heavy (non-hydrogen) atoms. The largest absolute Gasteiger partial charge is 0.364 e. The van der Waals surface area contributed by atoms with Crippen LogP contribution in [0.2, 0.25) is 5.02 Å². The molecule has 0 amide bonds. The third-order valence-corrected chi connectivity index (χ3v) is 4.74.